The van der Waals surface area contributed by atoms with Crippen LogP contribution in [0.3, 0.4) is 0 Å². The predicted octanol–water partition coefficient (Wildman–Crippen LogP) is 2.35. The SMILES string of the molecule is CC(O)COc1cccc(Cl)c1CNC1CC1. The Balaban J connectivity index is 2.03. The van der Waals surface area contributed by atoms with Crippen LogP contribution in [0.4, 0.5) is 0 Å². The van der Waals surface area contributed by atoms with Gasteiger partial charge in [-0.05, 0) is 31.9 Å². The molecule has 0 radical (unpaired) electrons. The van der Waals surface area contributed by atoms with E-state index in [4.69, 9.17) is 16.3 Å². The number of nitrogens with one attached hydrogen (secondary N) is 1. The first-order valence-corrected chi connectivity index (χ1v) is 6.36. The molecule has 0 aliphatic heterocycles. The largest absolute Gasteiger partial charge is 0.491 e. The van der Waals surface area contributed by atoms with Gasteiger partial charge in [0.2, 0.25) is 0 Å². The van der Waals surface area contributed by atoms with Crippen LogP contribution in [0.25, 0.3) is 0 Å². The van der Waals surface area contributed by atoms with E-state index in [9.17, 15) is 5.11 Å². The number of aliphatic hydroxyl groups is 1. The first-order chi connectivity index (χ1) is 8.16. The minimum absolute atomic E-state index is 0.288. The van der Waals surface area contributed by atoms with E-state index in [1.54, 1.807) is 6.92 Å². The number of halogens is 1. The molecule has 1 fully saturated rings. The smallest absolute Gasteiger partial charge is 0.125 e. The normalized spacial score (nSPS) is 16.9. The van der Waals surface area contributed by atoms with Crippen molar-refractivity contribution < 1.29 is 9.84 Å². The van der Waals surface area contributed by atoms with E-state index < -0.39 is 6.10 Å². The highest BCUT2D eigenvalue weighted by Gasteiger charge is 2.21. The Hall–Kier alpha value is -0.770. The lowest BCUT2D eigenvalue weighted by Gasteiger charge is -2.14. The third-order valence-electron chi connectivity index (χ3n) is 2.70. The minimum atomic E-state index is -0.474. The van der Waals surface area contributed by atoms with Crippen LogP contribution in [0.1, 0.15) is 25.3 Å². The standard InChI is InChI=1S/C13H18ClNO2/c1-9(16)8-17-13-4-2-3-12(14)11(13)7-15-10-5-6-10/h2-4,9-10,15-16H,5-8H2,1H3. The first kappa shape index (κ1) is 12.7. The molecule has 1 aliphatic rings. The van der Waals surface area contributed by atoms with E-state index in [0.717, 1.165) is 17.9 Å². The summed E-state index contributed by atoms with van der Waals surface area (Å²) < 4.78 is 5.56. The summed E-state index contributed by atoms with van der Waals surface area (Å²) in [7, 11) is 0. The summed E-state index contributed by atoms with van der Waals surface area (Å²) in [5.74, 6) is 0.756. The van der Waals surface area contributed by atoms with Gasteiger partial charge in [0.25, 0.3) is 0 Å². The zero-order valence-corrected chi connectivity index (χ0v) is 10.7. The Morgan fingerprint density at radius 2 is 2.29 bits per heavy atom. The van der Waals surface area contributed by atoms with E-state index in [-0.39, 0.29) is 6.61 Å². The van der Waals surface area contributed by atoms with Gasteiger partial charge in [0, 0.05) is 23.2 Å². The molecule has 17 heavy (non-hydrogen) atoms. The minimum Gasteiger partial charge on any atom is -0.491 e. The Labute approximate surface area is 107 Å². The van der Waals surface area contributed by atoms with E-state index in [1.165, 1.54) is 12.8 Å². The van der Waals surface area contributed by atoms with Crippen molar-refractivity contribution in [1.82, 2.24) is 5.32 Å². The molecule has 0 bridgehead atoms. The van der Waals surface area contributed by atoms with Gasteiger partial charge in [0.15, 0.2) is 0 Å². The molecule has 0 aromatic heterocycles. The van der Waals surface area contributed by atoms with Crippen molar-refractivity contribution in [1.29, 1.82) is 0 Å². The second-order valence-corrected chi connectivity index (χ2v) is 4.94. The maximum absolute atomic E-state index is 9.23. The number of hydrogen-bond acceptors (Lipinski definition) is 3. The molecule has 1 aliphatic carbocycles. The lowest BCUT2D eigenvalue weighted by atomic mass is 10.2. The summed E-state index contributed by atoms with van der Waals surface area (Å²) in [6, 6.07) is 6.25. The summed E-state index contributed by atoms with van der Waals surface area (Å²) in [5, 5.41) is 13.4. The highest BCUT2D eigenvalue weighted by molar-refractivity contribution is 6.31. The molecular weight excluding hydrogens is 238 g/mol. The van der Waals surface area contributed by atoms with Crippen molar-refractivity contribution in [2.24, 2.45) is 0 Å². The lowest BCUT2D eigenvalue weighted by molar-refractivity contribution is 0.122. The summed E-state index contributed by atoms with van der Waals surface area (Å²) in [5.41, 5.74) is 0.974. The molecule has 1 aromatic carbocycles. The average molecular weight is 256 g/mol. The zero-order chi connectivity index (χ0) is 12.3. The van der Waals surface area contributed by atoms with Crippen LogP contribution in [0, 0.1) is 0 Å². The van der Waals surface area contributed by atoms with E-state index in [0.29, 0.717) is 11.1 Å². The summed E-state index contributed by atoms with van der Waals surface area (Å²) in [6.07, 6.45) is 2.01. The Morgan fingerprint density at radius 3 is 2.94 bits per heavy atom. The molecule has 1 saturated carbocycles. The Bertz CT molecular complexity index is 378. The maximum atomic E-state index is 9.23. The van der Waals surface area contributed by atoms with Crippen molar-refractivity contribution >= 4 is 11.6 Å². The van der Waals surface area contributed by atoms with Crippen molar-refractivity contribution in [3.8, 4) is 5.75 Å². The number of ether oxygens (including phenoxy) is 1. The second-order valence-electron chi connectivity index (χ2n) is 4.53. The van der Waals surface area contributed by atoms with Crippen molar-refractivity contribution in [3.63, 3.8) is 0 Å². The Morgan fingerprint density at radius 1 is 1.53 bits per heavy atom. The van der Waals surface area contributed by atoms with Gasteiger partial charge >= 0.3 is 0 Å². The van der Waals surface area contributed by atoms with Crippen LogP contribution in [-0.2, 0) is 6.54 Å². The van der Waals surface area contributed by atoms with Gasteiger partial charge in [-0.3, -0.25) is 0 Å². The van der Waals surface area contributed by atoms with Gasteiger partial charge in [-0.25, -0.2) is 0 Å². The van der Waals surface area contributed by atoms with Crippen LogP contribution >= 0.6 is 11.6 Å². The summed E-state index contributed by atoms with van der Waals surface area (Å²) in [6.45, 7) is 2.71. The molecule has 1 unspecified atom stereocenters. The zero-order valence-electron chi connectivity index (χ0n) is 9.95. The highest BCUT2D eigenvalue weighted by Crippen LogP contribution is 2.28. The fourth-order valence-corrected chi connectivity index (χ4v) is 1.82. The molecule has 0 amide bonds. The van der Waals surface area contributed by atoms with Crippen molar-refractivity contribution in [2.45, 2.75) is 38.5 Å². The molecule has 2 N–H and O–H groups in total. The van der Waals surface area contributed by atoms with Crippen LogP contribution in [0.2, 0.25) is 5.02 Å². The molecule has 0 spiro atoms. The molecule has 1 aromatic rings. The Kier molecular flexibility index (Phi) is 4.26. The van der Waals surface area contributed by atoms with Gasteiger partial charge in [0.1, 0.15) is 12.4 Å². The van der Waals surface area contributed by atoms with Gasteiger partial charge in [-0.2, -0.15) is 0 Å². The highest BCUT2D eigenvalue weighted by atomic mass is 35.5. The number of aliphatic hydroxyl groups excluding tert-OH is 1. The predicted molar refractivity (Wildman–Crippen MR) is 68.5 cm³/mol. The van der Waals surface area contributed by atoms with Crippen molar-refractivity contribution in [2.75, 3.05) is 6.61 Å². The fourth-order valence-electron chi connectivity index (χ4n) is 1.59. The van der Waals surface area contributed by atoms with Gasteiger partial charge in [-0.1, -0.05) is 17.7 Å². The number of benzene rings is 1. The third-order valence-corrected chi connectivity index (χ3v) is 3.05. The fraction of sp³-hybridized carbons (Fsp3) is 0.538. The van der Waals surface area contributed by atoms with Gasteiger partial charge in [0.05, 0.1) is 6.10 Å². The average Bonchev–Trinajstić information content (AvgIpc) is 3.08. The van der Waals surface area contributed by atoms with Gasteiger partial charge < -0.3 is 15.2 Å². The molecule has 1 atom stereocenters. The number of hydrogen-bond donors (Lipinski definition) is 2. The molecule has 0 heterocycles. The lowest BCUT2D eigenvalue weighted by Crippen LogP contribution is -2.18. The second kappa shape index (κ2) is 5.71. The molecule has 4 heteroatoms. The quantitative estimate of drug-likeness (QED) is 0.820. The van der Waals surface area contributed by atoms with E-state index in [1.807, 2.05) is 18.2 Å². The van der Waals surface area contributed by atoms with Crippen LogP contribution in [0.15, 0.2) is 18.2 Å². The maximum Gasteiger partial charge on any atom is 0.125 e. The number of rotatable bonds is 6. The van der Waals surface area contributed by atoms with Crippen LogP contribution < -0.4 is 10.1 Å². The molecular formula is C13H18ClNO2. The molecule has 2 rings (SSSR count). The molecule has 0 saturated heterocycles. The van der Waals surface area contributed by atoms with Crippen LogP contribution in [0.5, 0.6) is 5.75 Å². The van der Waals surface area contributed by atoms with Crippen molar-refractivity contribution in [3.05, 3.63) is 28.8 Å². The van der Waals surface area contributed by atoms with E-state index >= 15 is 0 Å². The summed E-state index contributed by atoms with van der Waals surface area (Å²) in [4.78, 5) is 0. The molecule has 94 valence electrons. The monoisotopic (exact) mass is 255 g/mol. The van der Waals surface area contributed by atoms with E-state index in [2.05, 4.69) is 5.32 Å². The summed E-state index contributed by atoms with van der Waals surface area (Å²) >= 11 is 6.17. The topological polar surface area (TPSA) is 41.5 Å². The van der Waals surface area contributed by atoms with Gasteiger partial charge in [-0.15, -0.1) is 0 Å². The first-order valence-electron chi connectivity index (χ1n) is 5.98. The molecule has 3 nitrogen and oxygen atoms in total. The van der Waals surface area contributed by atoms with Crippen LogP contribution in [-0.4, -0.2) is 23.9 Å². The third kappa shape index (κ3) is 3.87.